The second kappa shape index (κ2) is 5.43. The van der Waals surface area contributed by atoms with Gasteiger partial charge in [-0.1, -0.05) is 37.8 Å². The van der Waals surface area contributed by atoms with Crippen molar-refractivity contribution in [3.63, 3.8) is 0 Å². The van der Waals surface area contributed by atoms with Crippen molar-refractivity contribution in [2.75, 3.05) is 6.54 Å². The molecule has 16 heavy (non-hydrogen) atoms. The fraction of sp³-hybridized carbons (Fsp3) is 0.833. The van der Waals surface area contributed by atoms with Gasteiger partial charge in [-0.25, -0.2) is 0 Å². The zero-order valence-corrected chi connectivity index (χ0v) is 9.98. The van der Waals surface area contributed by atoms with E-state index in [1.807, 2.05) is 6.92 Å². The van der Waals surface area contributed by atoms with Gasteiger partial charge in [0, 0.05) is 18.4 Å². The highest BCUT2D eigenvalue weighted by Crippen LogP contribution is 2.30. The van der Waals surface area contributed by atoms with Gasteiger partial charge in [0.05, 0.1) is 0 Å². The molecular weight excluding hydrogens is 202 g/mol. The van der Waals surface area contributed by atoms with Gasteiger partial charge in [-0.3, -0.25) is 0 Å². The van der Waals surface area contributed by atoms with E-state index in [0.29, 0.717) is 18.4 Å². The maximum Gasteiger partial charge on any atom is 0.230 e. The summed E-state index contributed by atoms with van der Waals surface area (Å²) in [6.45, 7) is 2.58. The summed E-state index contributed by atoms with van der Waals surface area (Å²) in [6, 6.07) is 0. The smallest absolute Gasteiger partial charge is 0.230 e. The Morgan fingerprint density at radius 1 is 1.31 bits per heavy atom. The number of nitrogens with zero attached hydrogens (tertiary/aromatic N) is 2. The normalized spacial score (nSPS) is 20.6. The van der Waals surface area contributed by atoms with E-state index in [-0.39, 0.29) is 5.92 Å². The lowest BCUT2D eigenvalue weighted by molar-refractivity contribution is 0.352. The highest BCUT2D eigenvalue weighted by atomic mass is 16.5. The Labute approximate surface area is 96.6 Å². The van der Waals surface area contributed by atoms with Crippen molar-refractivity contribution < 1.29 is 4.52 Å². The molecule has 0 aromatic carbocycles. The van der Waals surface area contributed by atoms with Gasteiger partial charge in [-0.2, -0.15) is 4.98 Å². The molecule has 1 saturated carbocycles. The zero-order chi connectivity index (χ0) is 11.4. The van der Waals surface area contributed by atoms with Crippen LogP contribution in [0.25, 0.3) is 0 Å². The molecule has 1 aromatic rings. The third-order valence-corrected chi connectivity index (χ3v) is 3.45. The summed E-state index contributed by atoms with van der Waals surface area (Å²) < 4.78 is 5.27. The summed E-state index contributed by atoms with van der Waals surface area (Å²) in [5.74, 6) is 2.27. The highest BCUT2D eigenvalue weighted by molar-refractivity contribution is 4.99. The summed E-state index contributed by atoms with van der Waals surface area (Å²) in [5.41, 5.74) is 5.59. The van der Waals surface area contributed by atoms with Gasteiger partial charge in [0.15, 0.2) is 5.82 Å². The van der Waals surface area contributed by atoms with Crippen molar-refractivity contribution in [1.82, 2.24) is 10.1 Å². The van der Waals surface area contributed by atoms with Crippen LogP contribution in [0.2, 0.25) is 0 Å². The van der Waals surface area contributed by atoms with E-state index in [1.54, 1.807) is 0 Å². The maximum absolute atomic E-state index is 5.59. The lowest BCUT2D eigenvalue weighted by Crippen LogP contribution is -2.09. The number of nitrogens with two attached hydrogens (primary N) is 1. The van der Waals surface area contributed by atoms with Crippen LogP contribution >= 0.6 is 0 Å². The molecule has 90 valence electrons. The van der Waals surface area contributed by atoms with Crippen LogP contribution in [0.4, 0.5) is 0 Å². The second-order valence-electron chi connectivity index (χ2n) is 4.82. The van der Waals surface area contributed by atoms with Crippen LogP contribution < -0.4 is 5.73 Å². The highest BCUT2D eigenvalue weighted by Gasteiger charge is 2.21. The van der Waals surface area contributed by atoms with E-state index in [1.165, 1.54) is 38.5 Å². The van der Waals surface area contributed by atoms with E-state index in [9.17, 15) is 0 Å². The number of aromatic nitrogens is 2. The molecule has 1 unspecified atom stereocenters. The Kier molecular flexibility index (Phi) is 3.93. The molecule has 2 N–H and O–H groups in total. The molecule has 1 aliphatic rings. The minimum Gasteiger partial charge on any atom is -0.339 e. The summed E-state index contributed by atoms with van der Waals surface area (Å²) in [4.78, 5) is 4.49. The maximum atomic E-state index is 5.59. The third-order valence-electron chi connectivity index (χ3n) is 3.45. The number of hydrogen-bond donors (Lipinski definition) is 1. The molecule has 0 spiro atoms. The van der Waals surface area contributed by atoms with Crippen LogP contribution in [-0.2, 0) is 0 Å². The van der Waals surface area contributed by atoms with E-state index in [0.717, 1.165) is 5.82 Å². The minimum atomic E-state index is 0.173. The Bertz CT molecular complexity index is 316. The Morgan fingerprint density at radius 3 is 2.62 bits per heavy atom. The van der Waals surface area contributed by atoms with Crippen molar-refractivity contribution in [1.29, 1.82) is 0 Å². The van der Waals surface area contributed by atoms with Gasteiger partial charge < -0.3 is 10.3 Å². The van der Waals surface area contributed by atoms with Gasteiger partial charge in [-0.15, -0.1) is 0 Å². The minimum absolute atomic E-state index is 0.173. The zero-order valence-electron chi connectivity index (χ0n) is 9.98. The molecule has 0 amide bonds. The SMILES string of the molecule is CC(CN)c1nc(C2CCCCCC2)no1. The van der Waals surface area contributed by atoms with Crippen molar-refractivity contribution >= 4 is 0 Å². The first-order chi connectivity index (χ1) is 7.81. The first kappa shape index (κ1) is 11.6. The Hall–Kier alpha value is -0.900. The number of hydrogen-bond acceptors (Lipinski definition) is 4. The molecule has 1 atom stereocenters. The first-order valence-corrected chi connectivity index (χ1v) is 6.35. The van der Waals surface area contributed by atoms with E-state index in [2.05, 4.69) is 10.1 Å². The molecule has 0 aliphatic heterocycles. The Balaban J connectivity index is 2.05. The number of rotatable bonds is 3. The second-order valence-corrected chi connectivity index (χ2v) is 4.82. The lowest BCUT2D eigenvalue weighted by atomic mass is 10.00. The monoisotopic (exact) mass is 223 g/mol. The van der Waals surface area contributed by atoms with Crippen molar-refractivity contribution in [3.05, 3.63) is 11.7 Å². The molecule has 4 nitrogen and oxygen atoms in total. The average molecular weight is 223 g/mol. The molecule has 1 heterocycles. The predicted molar refractivity (Wildman–Crippen MR) is 62.2 cm³/mol. The standard InChI is InChI=1S/C12H21N3O/c1-9(8-13)12-14-11(15-16-12)10-6-4-2-3-5-7-10/h9-10H,2-8,13H2,1H3. The largest absolute Gasteiger partial charge is 0.339 e. The van der Waals surface area contributed by atoms with Crippen LogP contribution in [0.1, 0.15) is 69.0 Å². The van der Waals surface area contributed by atoms with Gasteiger partial charge in [0.25, 0.3) is 0 Å². The third kappa shape index (κ3) is 2.61. The molecule has 0 radical (unpaired) electrons. The fourth-order valence-electron chi connectivity index (χ4n) is 2.25. The summed E-state index contributed by atoms with van der Waals surface area (Å²) in [6.07, 6.45) is 7.69. The van der Waals surface area contributed by atoms with Gasteiger partial charge in [0.1, 0.15) is 0 Å². The van der Waals surface area contributed by atoms with E-state index < -0.39 is 0 Å². The molecule has 2 rings (SSSR count). The molecule has 1 aromatic heterocycles. The topological polar surface area (TPSA) is 64.9 Å². The van der Waals surface area contributed by atoms with Gasteiger partial charge >= 0.3 is 0 Å². The Morgan fingerprint density at radius 2 is 2.00 bits per heavy atom. The molecule has 1 fully saturated rings. The molecular formula is C12H21N3O. The van der Waals surface area contributed by atoms with E-state index in [4.69, 9.17) is 10.3 Å². The van der Waals surface area contributed by atoms with Crippen LogP contribution in [0.15, 0.2) is 4.52 Å². The van der Waals surface area contributed by atoms with Crippen LogP contribution in [0.5, 0.6) is 0 Å². The molecule has 0 saturated heterocycles. The van der Waals surface area contributed by atoms with Crippen molar-refractivity contribution in [2.24, 2.45) is 5.73 Å². The van der Waals surface area contributed by atoms with Gasteiger partial charge in [-0.05, 0) is 12.8 Å². The van der Waals surface area contributed by atoms with Gasteiger partial charge in [0.2, 0.25) is 5.89 Å². The van der Waals surface area contributed by atoms with Crippen molar-refractivity contribution in [2.45, 2.75) is 57.3 Å². The van der Waals surface area contributed by atoms with Crippen LogP contribution in [0, 0.1) is 0 Å². The predicted octanol–water partition coefficient (Wildman–Crippen LogP) is 2.57. The summed E-state index contributed by atoms with van der Waals surface area (Å²) >= 11 is 0. The molecule has 1 aliphatic carbocycles. The summed E-state index contributed by atoms with van der Waals surface area (Å²) in [5, 5.41) is 4.11. The first-order valence-electron chi connectivity index (χ1n) is 6.35. The lowest BCUT2D eigenvalue weighted by Gasteiger charge is -2.07. The average Bonchev–Trinajstić information content (AvgIpc) is 2.64. The fourth-order valence-corrected chi connectivity index (χ4v) is 2.25. The van der Waals surface area contributed by atoms with E-state index >= 15 is 0 Å². The van der Waals surface area contributed by atoms with Crippen LogP contribution in [0.3, 0.4) is 0 Å². The van der Waals surface area contributed by atoms with Crippen LogP contribution in [-0.4, -0.2) is 16.7 Å². The molecule has 4 heteroatoms. The summed E-state index contributed by atoms with van der Waals surface area (Å²) in [7, 11) is 0. The molecule has 0 bridgehead atoms. The van der Waals surface area contributed by atoms with Crippen molar-refractivity contribution in [3.8, 4) is 0 Å². The quantitative estimate of drug-likeness (QED) is 0.800.